The highest BCUT2D eigenvalue weighted by molar-refractivity contribution is 6.25. The highest BCUT2D eigenvalue weighted by Crippen LogP contribution is 2.47. The van der Waals surface area contributed by atoms with Gasteiger partial charge < -0.3 is 88.5 Å². The van der Waals surface area contributed by atoms with Crippen molar-refractivity contribution in [2.24, 2.45) is 43.6 Å². The van der Waals surface area contributed by atoms with Crippen molar-refractivity contribution < 1.29 is 96.9 Å². The average molecular weight is 1760 g/mol. The van der Waals surface area contributed by atoms with E-state index in [0.717, 1.165) is 134 Å². The minimum atomic E-state index is -1.79. The second kappa shape index (κ2) is 41.5. The van der Waals surface area contributed by atoms with Crippen LogP contribution in [-0.2, 0) is 80.2 Å². The molecule has 0 aliphatic carbocycles. The van der Waals surface area contributed by atoms with Gasteiger partial charge in [-0.15, -0.1) is 0 Å². The Morgan fingerprint density at radius 1 is 0.492 bits per heavy atom. The van der Waals surface area contributed by atoms with E-state index in [9.17, 15) is 72.9 Å². The van der Waals surface area contributed by atoms with Crippen molar-refractivity contribution in [2.45, 2.75) is 224 Å². The van der Waals surface area contributed by atoms with Crippen LogP contribution in [0.1, 0.15) is 248 Å². The van der Waals surface area contributed by atoms with E-state index in [1.165, 1.54) is 21.3 Å². The summed E-state index contributed by atoms with van der Waals surface area (Å²) < 4.78 is 28.2. The van der Waals surface area contributed by atoms with Crippen LogP contribution in [0.3, 0.4) is 0 Å². The van der Waals surface area contributed by atoms with Gasteiger partial charge in [0.25, 0.3) is 11.8 Å². The first kappa shape index (κ1) is 95.5. The van der Waals surface area contributed by atoms with Crippen LogP contribution in [0.15, 0.2) is 77.2 Å². The number of carboxylic acids is 4. The number of carbonyl (C=O) groups excluding carboxylic acids is 10. The number of hydrogen-bond acceptors (Lipinski definition) is 22. The quantitative estimate of drug-likeness (QED) is 0.0152. The molecular formula is C96H114N12O20-2. The van der Waals surface area contributed by atoms with Gasteiger partial charge in [-0.2, -0.15) is 0 Å². The normalized spacial score (nSPS) is 17.8. The van der Waals surface area contributed by atoms with Crippen LogP contribution in [0.4, 0.5) is 0 Å². The number of aromatic nitrogens is 4. The van der Waals surface area contributed by atoms with Crippen LogP contribution < -0.4 is 52.9 Å². The molecule has 8 aliphatic heterocycles. The van der Waals surface area contributed by atoms with Crippen LogP contribution in [0.25, 0.3) is 59.8 Å². The first-order valence-corrected chi connectivity index (χ1v) is 43.7. The molecule has 0 spiro atoms. The molecule has 0 fully saturated rings. The van der Waals surface area contributed by atoms with E-state index in [1.54, 1.807) is 6.92 Å². The summed E-state index contributed by atoms with van der Waals surface area (Å²) in [5.74, 6) is -12.3. The number of amides is 4. The van der Waals surface area contributed by atoms with Gasteiger partial charge in [-0.25, -0.2) is 14.8 Å². The molecule has 32 nitrogen and oxygen atoms in total. The van der Waals surface area contributed by atoms with Gasteiger partial charge in [0.2, 0.25) is 11.8 Å². The van der Waals surface area contributed by atoms with Crippen molar-refractivity contribution in [3.63, 3.8) is 0 Å². The number of aliphatic carboxylic acids is 4. The minimum absolute atomic E-state index is 0.0909. The van der Waals surface area contributed by atoms with Crippen molar-refractivity contribution in [2.75, 3.05) is 41.5 Å². The summed E-state index contributed by atoms with van der Waals surface area (Å²) in [5.41, 5.74) is 17.5. The lowest BCUT2D eigenvalue weighted by Gasteiger charge is -2.23. The highest BCUT2D eigenvalue weighted by Gasteiger charge is 2.42. The fourth-order valence-electron chi connectivity index (χ4n) is 18.3. The van der Waals surface area contributed by atoms with E-state index in [-0.39, 0.29) is 105 Å². The number of allylic oxidation sites excluding steroid dienone is 8. The van der Waals surface area contributed by atoms with Gasteiger partial charge in [-0.3, -0.25) is 53.1 Å². The number of nitrogens with one attached hydrogen (secondary N) is 4. The lowest BCUT2D eigenvalue weighted by molar-refractivity contribution is -0.308. The predicted molar refractivity (Wildman–Crippen MR) is 480 cm³/mol. The number of carboxylic acid groups (broad SMARTS) is 4. The number of aliphatic imine (C=N–C) groups is 4. The minimum Gasteiger partial charge on any atom is -0.550 e. The Morgan fingerprint density at radius 2 is 0.930 bits per heavy atom. The number of esters is 4. The van der Waals surface area contributed by atoms with Gasteiger partial charge in [0.05, 0.1) is 127 Å². The first-order valence-electron chi connectivity index (χ1n) is 43.7. The second-order valence-electron chi connectivity index (χ2n) is 33.1. The molecule has 32 heteroatoms. The van der Waals surface area contributed by atoms with Crippen LogP contribution >= 0.6 is 0 Å². The zero-order valence-corrected chi connectivity index (χ0v) is 75.6. The number of nitrogens with zero attached hydrogens (tertiary/aromatic N) is 8. The summed E-state index contributed by atoms with van der Waals surface area (Å²) in [7, 11) is 4.98. The Hall–Kier alpha value is -13.2. The van der Waals surface area contributed by atoms with E-state index in [1.807, 2.05) is 57.4 Å². The maximum atomic E-state index is 15.0. The summed E-state index contributed by atoms with van der Waals surface area (Å²) in [6.07, 6.45) is 25.6. The number of carbonyl (C=O) groups is 12. The van der Waals surface area contributed by atoms with Crippen molar-refractivity contribution >= 4 is 154 Å². The first-order chi connectivity index (χ1) is 61.1. The third kappa shape index (κ3) is 20.1. The molecule has 0 radical (unpaired) electrons. The molecule has 12 bridgehead atoms. The zero-order valence-electron chi connectivity index (χ0n) is 75.6. The predicted octanol–water partition coefficient (Wildman–Crippen LogP) is 6.98. The molecule has 12 rings (SSSR count). The Balaban J connectivity index is 0.000000248. The van der Waals surface area contributed by atoms with E-state index in [4.69, 9.17) is 39.3 Å². The summed E-state index contributed by atoms with van der Waals surface area (Å²) >= 11 is 0. The van der Waals surface area contributed by atoms with Crippen molar-refractivity contribution in [1.29, 1.82) is 0 Å². The average Bonchev–Trinajstić information content (AvgIpc) is 1.57. The molecule has 2 unspecified atom stereocenters. The maximum Gasteiger partial charge on any atom is 0.328 e. The number of hydrogen-bond donors (Lipinski definition) is 6. The Labute approximate surface area is 742 Å². The molecule has 6 atom stereocenters. The summed E-state index contributed by atoms with van der Waals surface area (Å²) in [6.45, 7) is 24.2. The Morgan fingerprint density at radius 3 is 1.33 bits per heavy atom. The Bertz CT molecular complexity index is 5980. The fraction of sp³-hybridized carbons (Fsp3) is 0.458. The maximum absolute atomic E-state index is 15.0. The molecule has 8 aliphatic rings. The molecule has 12 heterocycles. The molecule has 128 heavy (non-hydrogen) atoms. The van der Waals surface area contributed by atoms with E-state index in [0.29, 0.717) is 75.8 Å². The van der Waals surface area contributed by atoms with Gasteiger partial charge >= 0.3 is 35.8 Å². The number of methoxy groups -OCH3 is 4. The number of ether oxygens (including phenoxy) is 4. The lowest BCUT2D eigenvalue weighted by Crippen LogP contribution is -2.49. The summed E-state index contributed by atoms with van der Waals surface area (Å²) in [4.78, 5) is 175. The van der Waals surface area contributed by atoms with Crippen molar-refractivity contribution in [3.05, 3.63) is 146 Å². The fourth-order valence-corrected chi connectivity index (χ4v) is 18.3. The van der Waals surface area contributed by atoms with Crippen molar-refractivity contribution in [1.82, 2.24) is 39.5 Å². The molecule has 6 N–H and O–H groups in total. The van der Waals surface area contributed by atoms with Crippen LogP contribution in [-0.4, -0.2) is 176 Å². The van der Waals surface area contributed by atoms with Gasteiger partial charge in [0.15, 0.2) is 0 Å². The third-order valence-electron chi connectivity index (χ3n) is 25.2. The molecule has 4 amide bonds. The lowest BCUT2D eigenvalue weighted by atomic mass is 9.84. The number of rotatable bonds is 36. The van der Waals surface area contributed by atoms with Crippen LogP contribution in [0.5, 0.6) is 0 Å². The molecular weight excluding hydrogens is 1640 g/mol. The van der Waals surface area contributed by atoms with Crippen molar-refractivity contribution in [3.8, 4) is 0 Å². The molecule has 4 aromatic heterocycles. The number of fused-ring (bicyclic) bond motifs is 4. The summed E-state index contributed by atoms with van der Waals surface area (Å²) in [6, 6.07) is -3.08. The van der Waals surface area contributed by atoms with Crippen LogP contribution in [0.2, 0.25) is 0 Å². The Kier molecular flexibility index (Phi) is 31.0. The van der Waals surface area contributed by atoms with Gasteiger partial charge in [-0.1, -0.05) is 91.5 Å². The van der Waals surface area contributed by atoms with E-state index in [2.05, 4.69) is 124 Å². The standard InChI is InChI=1S/C50H62N6O10.C46H54N6O10/c1-11-13-14-15-16-32-29(5)39-22-36-28(4)33(17-18-43(58)63-7)47(54-36)34(21-44(59)64-8)48-46(49(61)51-20-19-42(57)53-38(50(62)66-10)25-45(60)65-9)30(6)40-24-37-31(12-2)27(3)35(52-37)23-41(32)55(39)26-56(40)48;1-7-9-10-11-12-28-25(5)35-18-32-24(4)29(13-14-39(54)55)43(50-32)30(17-40(56)57)44-42(45(60)47-16-15-38(53)49-34(46(61)62)21-41(58)59)26(6)36-20-33-27(8-2)23(3)31(48-33)19-37(28)51(35)22-52(36)44/h15-16,22-24,28,33,38H,11-14,17-21,25-26H2,1-10H3,(H,51,61)(H,53,57);11-12,18-20,24,29,34H,7-10,13-17,21-22H2,1-6H3,(H,47,60)(H,49,53)(H,54,55)(H,56,57)(H,58,59)(H,61,62)/p-2/b16-15+,35-23?,36-22?,37-24?,39-22?,40-24?,41-23?,47-34?,48-34?;12-11+,31-19?,32-18?,33-20?,35-18?,36-20?,37-19?,43-30?,44-30?/t28-,33-,38?;24-,29-,34?/m00/s1. The molecule has 0 saturated heterocycles. The highest BCUT2D eigenvalue weighted by atomic mass is 16.5. The second-order valence-corrected chi connectivity index (χ2v) is 33.1. The van der Waals surface area contributed by atoms with Gasteiger partial charge in [0, 0.05) is 131 Å². The number of unbranched alkanes of at least 4 members (excludes halogenated alkanes) is 4. The summed E-state index contributed by atoms with van der Waals surface area (Å²) in [5, 5.41) is 57.1. The third-order valence-corrected chi connectivity index (χ3v) is 25.2. The van der Waals surface area contributed by atoms with Crippen LogP contribution in [0, 0.1) is 51.4 Å². The van der Waals surface area contributed by atoms with E-state index < -0.39 is 109 Å². The molecule has 680 valence electrons. The van der Waals surface area contributed by atoms with E-state index >= 15 is 0 Å². The molecule has 0 saturated carbocycles. The van der Waals surface area contributed by atoms with Gasteiger partial charge in [-0.05, 0) is 161 Å². The topological polar surface area (TPSA) is 446 Å². The van der Waals surface area contributed by atoms with Gasteiger partial charge in [0.1, 0.15) is 19.4 Å². The zero-order chi connectivity index (χ0) is 93.1. The molecule has 0 aromatic carbocycles. The molecule has 4 aromatic rings. The SMILES string of the molecule is CCCC/C=C/c1c(C)c2n3c1=CC1=NC(=Cc4c(C)c(C(=O)NCCC(=O)NC(CC(=O)O)C(=O)[O-])c(n4C3)C(CC(=O)[O-])=C3N=C(C=2)[C@@H](C)[C@@H]3CCC(=O)O)C(CC)=C1C.CCCC/C=C/c1c(C)c2n3c1=CC1=NC(=Cc4c(C)c(C(=O)NCCC(=O)NC(CC(=O)OC)C(=O)OC)c(n4C3)C(CC(=O)OC)=C3N=C(C=2)[C@@H](C)[C@@H]3CCC(=O)OC)C(CC)=C1C. The largest absolute Gasteiger partial charge is 0.550 e. The smallest absolute Gasteiger partial charge is 0.328 e. The monoisotopic (exact) mass is 1750 g/mol.